The van der Waals surface area contributed by atoms with E-state index in [4.69, 9.17) is 0 Å². The number of hydrogen-bond acceptors (Lipinski definition) is 4. The van der Waals surface area contributed by atoms with Gasteiger partial charge >= 0.3 is 5.69 Å². The number of aromatic nitrogens is 2. The van der Waals surface area contributed by atoms with Gasteiger partial charge in [-0.3, -0.25) is 14.3 Å². The fourth-order valence-corrected chi connectivity index (χ4v) is 2.83. The summed E-state index contributed by atoms with van der Waals surface area (Å²) in [5.41, 5.74) is -0.725. The van der Waals surface area contributed by atoms with Crippen LogP contribution in [0.5, 0.6) is 5.88 Å². The SMILES string of the molecule is CCc1c(O)n(CC2CCN(C(C)C)C2)c(=O)[nH]c1=O. The molecule has 1 saturated heterocycles. The van der Waals surface area contributed by atoms with E-state index in [1.807, 2.05) is 0 Å². The molecule has 2 N–H and O–H groups in total. The summed E-state index contributed by atoms with van der Waals surface area (Å²) in [7, 11) is 0. The Morgan fingerprint density at radius 3 is 2.65 bits per heavy atom. The fraction of sp³-hybridized carbons (Fsp3) is 0.714. The van der Waals surface area contributed by atoms with E-state index in [-0.39, 0.29) is 11.4 Å². The van der Waals surface area contributed by atoms with Crippen LogP contribution in [0.2, 0.25) is 0 Å². The molecule has 2 rings (SSSR count). The van der Waals surface area contributed by atoms with Crippen LogP contribution in [0, 0.1) is 5.92 Å². The molecule has 1 aromatic rings. The van der Waals surface area contributed by atoms with Crippen molar-refractivity contribution in [3.63, 3.8) is 0 Å². The Bertz CT molecular complexity index is 588. The van der Waals surface area contributed by atoms with Crippen LogP contribution in [-0.2, 0) is 13.0 Å². The number of rotatable bonds is 4. The molecule has 0 spiro atoms. The molecule has 112 valence electrons. The van der Waals surface area contributed by atoms with Gasteiger partial charge in [0.1, 0.15) is 0 Å². The van der Waals surface area contributed by atoms with Crippen molar-refractivity contribution in [3.05, 3.63) is 26.4 Å². The highest BCUT2D eigenvalue weighted by Gasteiger charge is 2.26. The van der Waals surface area contributed by atoms with Crippen molar-refractivity contribution in [1.29, 1.82) is 0 Å². The molecular weight excluding hydrogens is 258 g/mol. The van der Waals surface area contributed by atoms with Crippen molar-refractivity contribution >= 4 is 0 Å². The highest BCUT2D eigenvalue weighted by molar-refractivity contribution is 5.22. The third kappa shape index (κ3) is 2.80. The third-order valence-electron chi connectivity index (χ3n) is 4.11. The fourth-order valence-electron chi connectivity index (χ4n) is 2.83. The molecule has 1 atom stereocenters. The summed E-state index contributed by atoms with van der Waals surface area (Å²) in [4.78, 5) is 28.1. The first-order valence-corrected chi connectivity index (χ1v) is 7.23. The Morgan fingerprint density at radius 1 is 1.40 bits per heavy atom. The Kier molecular flexibility index (Phi) is 4.32. The molecule has 0 amide bonds. The maximum absolute atomic E-state index is 11.9. The molecule has 6 nitrogen and oxygen atoms in total. The van der Waals surface area contributed by atoms with E-state index < -0.39 is 11.2 Å². The number of aromatic amines is 1. The molecule has 0 bridgehead atoms. The first-order valence-electron chi connectivity index (χ1n) is 7.23. The largest absolute Gasteiger partial charge is 0.494 e. The summed E-state index contributed by atoms with van der Waals surface area (Å²) >= 11 is 0. The summed E-state index contributed by atoms with van der Waals surface area (Å²) in [5, 5.41) is 10.1. The van der Waals surface area contributed by atoms with E-state index in [0.29, 0.717) is 24.9 Å². The number of nitrogens with zero attached hydrogens (tertiary/aromatic N) is 2. The zero-order valence-corrected chi connectivity index (χ0v) is 12.3. The third-order valence-corrected chi connectivity index (χ3v) is 4.11. The molecule has 1 aromatic heterocycles. The normalized spacial score (nSPS) is 19.9. The van der Waals surface area contributed by atoms with Gasteiger partial charge in [0.05, 0.1) is 5.56 Å². The lowest BCUT2D eigenvalue weighted by molar-refractivity contribution is 0.257. The topological polar surface area (TPSA) is 78.3 Å². The van der Waals surface area contributed by atoms with Gasteiger partial charge in [-0.1, -0.05) is 6.92 Å². The highest BCUT2D eigenvalue weighted by Crippen LogP contribution is 2.21. The van der Waals surface area contributed by atoms with Crippen LogP contribution < -0.4 is 11.2 Å². The average molecular weight is 281 g/mol. The molecule has 2 heterocycles. The van der Waals surface area contributed by atoms with Crippen LogP contribution in [0.25, 0.3) is 0 Å². The van der Waals surface area contributed by atoms with E-state index in [9.17, 15) is 14.7 Å². The number of likely N-dealkylation sites (tertiary alicyclic amines) is 1. The quantitative estimate of drug-likeness (QED) is 0.844. The first kappa shape index (κ1) is 14.8. The summed E-state index contributed by atoms with van der Waals surface area (Å²) in [6.45, 7) is 8.49. The number of H-pyrrole nitrogens is 1. The molecule has 1 fully saturated rings. The Hall–Kier alpha value is -1.56. The molecule has 0 aromatic carbocycles. The van der Waals surface area contributed by atoms with Crippen LogP contribution in [-0.4, -0.2) is 38.7 Å². The zero-order valence-electron chi connectivity index (χ0n) is 12.3. The van der Waals surface area contributed by atoms with Gasteiger partial charge < -0.3 is 10.0 Å². The molecule has 0 saturated carbocycles. The van der Waals surface area contributed by atoms with Crippen molar-refractivity contribution in [2.45, 2.75) is 46.2 Å². The van der Waals surface area contributed by atoms with Gasteiger partial charge in [-0.25, -0.2) is 4.79 Å². The van der Waals surface area contributed by atoms with Crippen molar-refractivity contribution in [2.75, 3.05) is 13.1 Å². The van der Waals surface area contributed by atoms with Gasteiger partial charge in [-0.05, 0) is 39.2 Å². The van der Waals surface area contributed by atoms with Crippen LogP contribution in [0.15, 0.2) is 9.59 Å². The maximum atomic E-state index is 11.9. The Balaban J connectivity index is 2.23. The van der Waals surface area contributed by atoms with Crippen LogP contribution in [0.1, 0.15) is 32.8 Å². The first-order chi connectivity index (χ1) is 9.43. The van der Waals surface area contributed by atoms with Gasteiger partial charge in [0, 0.05) is 19.1 Å². The van der Waals surface area contributed by atoms with E-state index in [0.717, 1.165) is 19.5 Å². The maximum Gasteiger partial charge on any atom is 0.331 e. The second kappa shape index (κ2) is 5.83. The van der Waals surface area contributed by atoms with Crippen molar-refractivity contribution < 1.29 is 5.11 Å². The van der Waals surface area contributed by atoms with Gasteiger partial charge in [-0.2, -0.15) is 0 Å². The lowest BCUT2D eigenvalue weighted by Crippen LogP contribution is -2.34. The summed E-state index contributed by atoms with van der Waals surface area (Å²) in [5.74, 6) is 0.154. The standard InChI is InChI=1S/C14H23N3O3/c1-4-11-12(18)15-14(20)17(13(11)19)8-10-5-6-16(7-10)9(2)3/h9-10,19H,4-8H2,1-3H3,(H,15,18,20). The van der Waals surface area contributed by atoms with Gasteiger partial charge in [0.15, 0.2) is 0 Å². The van der Waals surface area contributed by atoms with Crippen LogP contribution >= 0.6 is 0 Å². The molecule has 1 unspecified atom stereocenters. The minimum atomic E-state index is -0.521. The highest BCUT2D eigenvalue weighted by atomic mass is 16.3. The summed E-state index contributed by atoms with van der Waals surface area (Å²) in [6.07, 6.45) is 1.41. The minimum Gasteiger partial charge on any atom is -0.494 e. The second-order valence-corrected chi connectivity index (χ2v) is 5.77. The van der Waals surface area contributed by atoms with Gasteiger partial charge in [0.2, 0.25) is 5.88 Å². The molecule has 0 radical (unpaired) electrons. The van der Waals surface area contributed by atoms with Crippen molar-refractivity contribution in [2.24, 2.45) is 5.92 Å². The van der Waals surface area contributed by atoms with Crippen LogP contribution in [0.3, 0.4) is 0 Å². The van der Waals surface area contributed by atoms with Gasteiger partial charge in [-0.15, -0.1) is 0 Å². The smallest absolute Gasteiger partial charge is 0.331 e. The lowest BCUT2D eigenvalue weighted by atomic mass is 10.1. The zero-order chi connectivity index (χ0) is 14.9. The predicted molar refractivity (Wildman–Crippen MR) is 77.2 cm³/mol. The number of nitrogens with one attached hydrogen (secondary N) is 1. The molecule has 0 aliphatic carbocycles. The van der Waals surface area contributed by atoms with Crippen molar-refractivity contribution in [1.82, 2.24) is 14.5 Å². The Labute approximate surface area is 118 Å². The Morgan fingerprint density at radius 2 is 2.10 bits per heavy atom. The molecule has 1 aliphatic rings. The molecule has 1 aliphatic heterocycles. The number of aromatic hydroxyl groups is 1. The van der Waals surface area contributed by atoms with E-state index in [2.05, 4.69) is 23.7 Å². The van der Waals surface area contributed by atoms with Crippen LogP contribution in [0.4, 0.5) is 0 Å². The monoisotopic (exact) mass is 281 g/mol. The summed E-state index contributed by atoms with van der Waals surface area (Å²) < 4.78 is 1.30. The average Bonchev–Trinajstić information content (AvgIpc) is 2.83. The van der Waals surface area contributed by atoms with E-state index >= 15 is 0 Å². The van der Waals surface area contributed by atoms with Gasteiger partial charge in [0.25, 0.3) is 5.56 Å². The summed E-state index contributed by atoms with van der Waals surface area (Å²) in [6, 6.07) is 0.493. The predicted octanol–water partition coefficient (Wildman–Crippen LogP) is 0.535. The lowest BCUT2D eigenvalue weighted by Gasteiger charge is -2.20. The van der Waals surface area contributed by atoms with E-state index in [1.165, 1.54) is 4.57 Å². The second-order valence-electron chi connectivity index (χ2n) is 5.77. The van der Waals surface area contributed by atoms with E-state index in [1.54, 1.807) is 6.92 Å². The molecule has 20 heavy (non-hydrogen) atoms. The number of hydrogen-bond donors (Lipinski definition) is 2. The molecule has 6 heteroatoms. The van der Waals surface area contributed by atoms with Crippen molar-refractivity contribution in [3.8, 4) is 5.88 Å². The molecular formula is C14H23N3O3. The minimum absolute atomic E-state index is 0.177.